The maximum absolute atomic E-state index is 5.75. The molecule has 0 radical (unpaired) electrons. The van der Waals surface area contributed by atoms with E-state index in [0.717, 1.165) is 12.2 Å². The highest BCUT2D eigenvalue weighted by Crippen LogP contribution is 2.17. The SMILES string of the molecule is CCn1nnc(C(C)C)c1N. The fourth-order valence-electron chi connectivity index (χ4n) is 0.979. The van der Waals surface area contributed by atoms with Gasteiger partial charge in [-0.15, -0.1) is 5.10 Å². The van der Waals surface area contributed by atoms with Crippen molar-refractivity contribution in [2.45, 2.75) is 33.2 Å². The van der Waals surface area contributed by atoms with E-state index in [1.807, 2.05) is 6.92 Å². The van der Waals surface area contributed by atoms with E-state index in [4.69, 9.17) is 5.73 Å². The van der Waals surface area contributed by atoms with Gasteiger partial charge in [0, 0.05) is 12.5 Å². The molecule has 0 atom stereocenters. The smallest absolute Gasteiger partial charge is 0.145 e. The highest BCUT2D eigenvalue weighted by molar-refractivity contribution is 5.35. The van der Waals surface area contributed by atoms with Crippen LogP contribution in [0.3, 0.4) is 0 Å². The monoisotopic (exact) mass is 154 g/mol. The summed E-state index contributed by atoms with van der Waals surface area (Å²) in [5.41, 5.74) is 6.65. The molecule has 0 aliphatic carbocycles. The van der Waals surface area contributed by atoms with E-state index in [2.05, 4.69) is 24.2 Å². The van der Waals surface area contributed by atoms with Gasteiger partial charge >= 0.3 is 0 Å². The van der Waals surface area contributed by atoms with Crippen molar-refractivity contribution in [3.63, 3.8) is 0 Å². The van der Waals surface area contributed by atoms with Crippen LogP contribution in [0.4, 0.5) is 5.82 Å². The van der Waals surface area contributed by atoms with Crippen molar-refractivity contribution >= 4 is 5.82 Å². The number of aryl methyl sites for hydroxylation is 1. The molecule has 0 amide bonds. The predicted octanol–water partition coefficient (Wildman–Crippen LogP) is 1.00. The second-order valence-corrected chi connectivity index (χ2v) is 2.83. The average molecular weight is 154 g/mol. The van der Waals surface area contributed by atoms with Crippen molar-refractivity contribution in [3.8, 4) is 0 Å². The number of hydrogen-bond donors (Lipinski definition) is 1. The van der Waals surface area contributed by atoms with Gasteiger partial charge in [-0.05, 0) is 6.92 Å². The summed E-state index contributed by atoms with van der Waals surface area (Å²) in [6, 6.07) is 0. The van der Waals surface area contributed by atoms with E-state index in [1.165, 1.54) is 0 Å². The molecule has 4 heteroatoms. The Hall–Kier alpha value is -1.06. The highest BCUT2D eigenvalue weighted by atomic mass is 15.4. The standard InChI is InChI=1S/C7H14N4/c1-4-11-7(8)6(5(2)3)9-10-11/h5H,4,8H2,1-3H3. The molecule has 0 spiro atoms. The summed E-state index contributed by atoms with van der Waals surface area (Å²) in [6.45, 7) is 6.89. The lowest BCUT2D eigenvalue weighted by Gasteiger charge is -2.01. The Labute approximate surface area is 66.4 Å². The fraction of sp³-hybridized carbons (Fsp3) is 0.714. The number of hydrogen-bond acceptors (Lipinski definition) is 3. The summed E-state index contributed by atoms with van der Waals surface area (Å²) in [7, 11) is 0. The minimum Gasteiger partial charge on any atom is -0.382 e. The van der Waals surface area contributed by atoms with Crippen LogP contribution in [-0.4, -0.2) is 15.0 Å². The van der Waals surface area contributed by atoms with Crippen molar-refractivity contribution in [1.29, 1.82) is 0 Å². The average Bonchev–Trinajstić information content (AvgIpc) is 2.30. The van der Waals surface area contributed by atoms with Crippen LogP contribution in [0.5, 0.6) is 0 Å². The lowest BCUT2D eigenvalue weighted by atomic mass is 10.1. The van der Waals surface area contributed by atoms with Crippen molar-refractivity contribution in [1.82, 2.24) is 15.0 Å². The molecular formula is C7H14N4. The molecule has 0 fully saturated rings. The number of anilines is 1. The van der Waals surface area contributed by atoms with Crippen LogP contribution in [0, 0.1) is 0 Å². The Balaban J connectivity index is 3.00. The fourth-order valence-corrected chi connectivity index (χ4v) is 0.979. The number of nitrogens with two attached hydrogens (primary N) is 1. The van der Waals surface area contributed by atoms with E-state index in [-0.39, 0.29) is 0 Å². The van der Waals surface area contributed by atoms with Gasteiger partial charge in [-0.3, -0.25) is 0 Å². The molecule has 1 aromatic rings. The molecule has 1 heterocycles. The molecule has 0 aromatic carbocycles. The first kappa shape index (κ1) is 8.04. The van der Waals surface area contributed by atoms with E-state index >= 15 is 0 Å². The molecule has 1 aromatic heterocycles. The van der Waals surface area contributed by atoms with Crippen LogP contribution in [0.25, 0.3) is 0 Å². The van der Waals surface area contributed by atoms with Gasteiger partial charge in [0.25, 0.3) is 0 Å². The summed E-state index contributed by atoms with van der Waals surface area (Å²) in [6.07, 6.45) is 0. The summed E-state index contributed by atoms with van der Waals surface area (Å²) >= 11 is 0. The lowest BCUT2D eigenvalue weighted by Crippen LogP contribution is -2.03. The first-order chi connectivity index (χ1) is 5.16. The summed E-state index contributed by atoms with van der Waals surface area (Å²) < 4.78 is 1.70. The van der Waals surface area contributed by atoms with Crippen molar-refractivity contribution in [2.75, 3.05) is 5.73 Å². The number of rotatable bonds is 2. The van der Waals surface area contributed by atoms with Gasteiger partial charge in [-0.25, -0.2) is 4.68 Å². The molecule has 0 saturated carbocycles. The van der Waals surface area contributed by atoms with Crippen LogP contribution >= 0.6 is 0 Å². The van der Waals surface area contributed by atoms with Gasteiger partial charge < -0.3 is 5.73 Å². The Morgan fingerprint density at radius 2 is 2.18 bits per heavy atom. The van der Waals surface area contributed by atoms with Crippen LogP contribution in [0.2, 0.25) is 0 Å². The zero-order valence-corrected chi connectivity index (χ0v) is 7.20. The topological polar surface area (TPSA) is 56.7 Å². The second-order valence-electron chi connectivity index (χ2n) is 2.83. The second kappa shape index (κ2) is 2.90. The zero-order valence-electron chi connectivity index (χ0n) is 7.20. The molecule has 11 heavy (non-hydrogen) atoms. The van der Waals surface area contributed by atoms with Crippen LogP contribution in [0.1, 0.15) is 32.4 Å². The Bertz CT molecular complexity index is 239. The van der Waals surface area contributed by atoms with E-state index < -0.39 is 0 Å². The van der Waals surface area contributed by atoms with Crippen molar-refractivity contribution < 1.29 is 0 Å². The molecule has 0 aliphatic heterocycles. The zero-order chi connectivity index (χ0) is 8.43. The van der Waals surface area contributed by atoms with Gasteiger partial charge in [0.1, 0.15) is 11.5 Å². The number of nitrogens with zero attached hydrogens (tertiary/aromatic N) is 3. The largest absolute Gasteiger partial charge is 0.382 e. The summed E-state index contributed by atoms with van der Waals surface area (Å²) in [5, 5.41) is 7.87. The quantitative estimate of drug-likeness (QED) is 0.691. The Kier molecular flexibility index (Phi) is 2.12. The van der Waals surface area contributed by atoms with Crippen LogP contribution in [0.15, 0.2) is 0 Å². The maximum atomic E-state index is 5.75. The van der Waals surface area contributed by atoms with E-state index in [0.29, 0.717) is 11.7 Å². The van der Waals surface area contributed by atoms with Gasteiger partial charge in [0.2, 0.25) is 0 Å². The summed E-state index contributed by atoms with van der Waals surface area (Å²) in [5.74, 6) is 1.05. The normalized spacial score (nSPS) is 10.9. The molecule has 4 nitrogen and oxygen atoms in total. The van der Waals surface area contributed by atoms with Gasteiger partial charge in [-0.2, -0.15) is 0 Å². The molecule has 0 bridgehead atoms. The first-order valence-corrected chi connectivity index (χ1v) is 3.85. The van der Waals surface area contributed by atoms with E-state index in [9.17, 15) is 0 Å². The van der Waals surface area contributed by atoms with Crippen molar-refractivity contribution in [2.24, 2.45) is 0 Å². The molecule has 0 unspecified atom stereocenters. The number of nitrogen functional groups attached to an aromatic ring is 1. The minimum atomic E-state index is 0.357. The lowest BCUT2D eigenvalue weighted by molar-refractivity contribution is 0.633. The molecule has 2 N–H and O–H groups in total. The third-order valence-electron chi connectivity index (χ3n) is 1.65. The van der Waals surface area contributed by atoms with Gasteiger partial charge in [0.05, 0.1) is 0 Å². The Morgan fingerprint density at radius 3 is 2.45 bits per heavy atom. The van der Waals surface area contributed by atoms with Crippen LogP contribution < -0.4 is 5.73 Å². The predicted molar refractivity (Wildman–Crippen MR) is 44.2 cm³/mol. The minimum absolute atomic E-state index is 0.357. The van der Waals surface area contributed by atoms with Crippen molar-refractivity contribution in [3.05, 3.63) is 5.69 Å². The van der Waals surface area contributed by atoms with Crippen LogP contribution in [-0.2, 0) is 6.54 Å². The summed E-state index contributed by atoms with van der Waals surface area (Å²) in [4.78, 5) is 0. The molecule has 0 aliphatic rings. The van der Waals surface area contributed by atoms with E-state index in [1.54, 1.807) is 4.68 Å². The molecular weight excluding hydrogens is 140 g/mol. The number of aromatic nitrogens is 3. The third-order valence-corrected chi connectivity index (χ3v) is 1.65. The molecule has 1 rings (SSSR count). The first-order valence-electron chi connectivity index (χ1n) is 3.85. The Morgan fingerprint density at radius 1 is 1.55 bits per heavy atom. The van der Waals surface area contributed by atoms with Gasteiger partial charge in [-0.1, -0.05) is 19.1 Å². The third kappa shape index (κ3) is 1.34. The highest BCUT2D eigenvalue weighted by Gasteiger charge is 2.10. The molecule has 62 valence electrons. The molecule has 0 saturated heterocycles. The maximum Gasteiger partial charge on any atom is 0.145 e. The van der Waals surface area contributed by atoms with Gasteiger partial charge in [0.15, 0.2) is 0 Å².